The van der Waals surface area contributed by atoms with E-state index in [0.717, 1.165) is 11.3 Å². The van der Waals surface area contributed by atoms with E-state index in [-0.39, 0.29) is 11.8 Å². The highest BCUT2D eigenvalue weighted by Crippen LogP contribution is 2.11. The van der Waals surface area contributed by atoms with Crippen molar-refractivity contribution >= 4 is 12.0 Å². The molecule has 0 saturated heterocycles. The minimum absolute atomic E-state index is 0.0224. The summed E-state index contributed by atoms with van der Waals surface area (Å²) in [4.78, 5) is 24.1. The summed E-state index contributed by atoms with van der Waals surface area (Å²) in [5.41, 5.74) is 5.52. The molecule has 0 fully saturated rings. The number of hydrogen-bond donors (Lipinski definition) is 3. The van der Waals surface area contributed by atoms with Gasteiger partial charge in [-0.1, -0.05) is 26.0 Å². The molecule has 0 saturated carbocycles. The van der Waals surface area contributed by atoms with Crippen LogP contribution in [0.2, 0.25) is 0 Å². The quantitative estimate of drug-likeness (QED) is 0.656. The Bertz CT molecular complexity index is 565. The molecule has 1 aromatic carbocycles. The van der Waals surface area contributed by atoms with Gasteiger partial charge in [-0.25, -0.2) is 10.2 Å². The van der Waals surface area contributed by atoms with Gasteiger partial charge in [0.1, 0.15) is 17.4 Å². The van der Waals surface area contributed by atoms with Crippen molar-refractivity contribution in [1.82, 2.24) is 16.2 Å². The van der Waals surface area contributed by atoms with E-state index < -0.39 is 17.7 Å². The van der Waals surface area contributed by atoms with E-state index in [1.807, 2.05) is 38.1 Å². The zero-order valence-corrected chi connectivity index (χ0v) is 15.8. The molecule has 2 amide bonds. The Balaban J connectivity index is 2.53. The molecule has 140 valence electrons. The fourth-order valence-electron chi connectivity index (χ4n) is 2.02. The summed E-state index contributed by atoms with van der Waals surface area (Å²) in [6.45, 7) is 9.49. The fourth-order valence-corrected chi connectivity index (χ4v) is 2.02. The van der Waals surface area contributed by atoms with Gasteiger partial charge in [-0.05, 0) is 44.4 Å². The van der Waals surface area contributed by atoms with Crippen LogP contribution in [-0.2, 0) is 16.1 Å². The molecule has 0 aliphatic carbocycles. The van der Waals surface area contributed by atoms with Crippen molar-refractivity contribution in [2.75, 3.05) is 7.11 Å². The zero-order valence-electron chi connectivity index (χ0n) is 15.8. The minimum Gasteiger partial charge on any atom is -0.497 e. The Morgan fingerprint density at radius 2 is 1.72 bits per heavy atom. The Morgan fingerprint density at radius 1 is 1.12 bits per heavy atom. The first kappa shape index (κ1) is 20.8. The van der Waals surface area contributed by atoms with E-state index in [1.165, 1.54) is 0 Å². The van der Waals surface area contributed by atoms with Gasteiger partial charge in [-0.15, -0.1) is 0 Å². The molecule has 0 bridgehead atoms. The number of ether oxygens (including phenoxy) is 2. The first-order valence-electron chi connectivity index (χ1n) is 8.27. The van der Waals surface area contributed by atoms with Crippen LogP contribution in [-0.4, -0.2) is 30.8 Å². The number of rotatable bonds is 7. The molecule has 0 aliphatic rings. The lowest BCUT2D eigenvalue weighted by Crippen LogP contribution is -2.54. The van der Waals surface area contributed by atoms with Gasteiger partial charge in [0.05, 0.1) is 7.11 Å². The van der Waals surface area contributed by atoms with E-state index in [9.17, 15) is 9.59 Å². The third kappa shape index (κ3) is 7.89. The Kier molecular flexibility index (Phi) is 7.70. The van der Waals surface area contributed by atoms with Crippen LogP contribution in [0.25, 0.3) is 0 Å². The normalized spacial score (nSPS) is 12.4. The summed E-state index contributed by atoms with van der Waals surface area (Å²) in [6, 6.07) is 6.87. The maximum atomic E-state index is 12.4. The summed E-state index contributed by atoms with van der Waals surface area (Å²) in [5, 5.41) is 2.86. The zero-order chi connectivity index (χ0) is 19.0. The molecule has 0 spiro atoms. The SMILES string of the molecule is COc1ccc(CNC(=O)C(NNC(=O)OC(C)(C)C)C(C)C)cc1. The van der Waals surface area contributed by atoms with Crippen LogP contribution >= 0.6 is 0 Å². The number of hydrogen-bond acceptors (Lipinski definition) is 5. The van der Waals surface area contributed by atoms with E-state index in [0.29, 0.717) is 6.54 Å². The Hall–Kier alpha value is -2.28. The van der Waals surface area contributed by atoms with Gasteiger partial charge in [0.2, 0.25) is 5.91 Å². The summed E-state index contributed by atoms with van der Waals surface area (Å²) >= 11 is 0. The third-order valence-corrected chi connectivity index (χ3v) is 3.30. The minimum atomic E-state index is -0.624. The highest BCUT2D eigenvalue weighted by Gasteiger charge is 2.23. The molecule has 1 rings (SSSR count). The molecule has 1 atom stereocenters. The molecule has 1 aromatic rings. The molecule has 7 nitrogen and oxygen atoms in total. The van der Waals surface area contributed by atoms with Crippen LogP contribution in [0.3, 0.4) is 0 Å². The van der Waals surface area contributed by atoms with E-state index in [2.05, 4.69) is 16.2 Å². The molecule has 0 radical (unpaired) electrons. The first-order chi connectivity index (χ1) is 11.6. The molecule has 1 unspecified atom stereocenters. The van der Waals surface area contributed by atoms with Crippen molar-refractivity contribution in [3.05, 3.63) is 29.8 Å². The maximum absolute atomic E-state index is 12.4. The van der Waals surface area contributed by atoms with Crippen molar-refractivity contribution in [3.63, 3.8) is 0 Å². The van der Waals surface area contributed by atoms with E-state index in [1.54, 1.807) is 27.9 Å². The molecular formula is C18H29N3O4. The molecule has 0 aromatic heterocycles. The second-order valence-corrected chi connectivity index (χ2v) is 7.06. The predicted molar refractivity (Wildman–Crippen MR) is 96.0 cm³/mol. The van der Waals surface area contributed by atoms with Crippen molar-refractivity contribution in [2.24, 2.45) is 5.92 Å². The molecule has 0 aliphatic heterocycles. The van der Waals surface area contributed by atoms with Gasteiger partial charge in [-0.3, -0.25) is 10.2 Å². The average Bonchev–Trinajstić information content (AvgIpc) is 2.51. The third-order valence-electron chi connectivity index (χ3n) is 3.30. The number of carbonyl (C=O) groups is 2. The summed E-state index contributed by atoms with van der Waals surface area (Å²) < 4.78 is 10.2. The lowest BCUT2D eigenvalue weighted by molar-refractivity contribution is -0.124. The van der Waals surface area contributed by atoms with Gasteiger partial charge < -0.3 is 14.8 Å². The van der Waals surface area contributed by atoms with E-state index in [4.69, 9.17) is 9.47 Å². The molecule has 0 heterocycles. The van der Waals surface area contributed by atoms with Crippen molar-refractivity contribution in [3.8, 4) is 5.75 Å². The standard InChI is InChI=1S/C18H29N3O4/c1-12(2)15(20-21-17(23)25-18(3,4)5)16(22)19-11-13-7-9-14(24-6)10-8-13/h7-10,12,15,20H,11H2,1-6H3,(H,19,22)(H,21,23). The Morgan fingerprint density at radius 3 is 2.20 bits per heavy atom. The monoisotopic (exact) mass is 351 g/mol. The summed E-state index contributed by atoms with van der Waals surface area (Å²) in [7, 11) is 1.60. The number of methoxy groups -OCH3 is 1. The number of hydrazine groups is 1. The molecule has 3 N–H and O–H groups in total. The van der Waals surface area contributed by atoms with Crippen LogP contribution in [0.15, 0.2) is 24.3 Å². The van der Waals surface area contributed by atoms with Crippen LogP contribution in [0, 0.1) is 5.92 Å². The van der Waals surface area contributed by atoms with Crippen molar-refractivity contribution in [1.29, 1.82) is 0 Å². The summed E-state index contributed by atoms with van der Waals surface area (Å²) in [5.74, 6) is 0.533. The Labute approximate surface area is 149 Å². The van der Waals surface area contributed by atoms with Crippen LogP contribution < -0.4 is 20.9 Å². The van der Waals surface area contributed by atoms with Crippen molar-refractivity contribution in [2.45, 2.75) is 52.8 Å². The highest BCUT2D eigenvalue weighted by atomic mass is 16.6. The number of nitrogens with one attached hydrogen (secondary N) is 3. The van der Waals surface area contributed by atoms with Gasteiger partial charge in [0.25, 0.3) is 0 Å². The lowest BCUT2D eigenvalue weighted by Gasteiger charge is -2.24. The number of benzene rings is 1. The van der Waals surface area contributed by atoms with E-state index >= 15 is 0 Å². The van der Waals surface area contributed by atoms with Crippen LogP contribution in [0.4, 0.5) is 4.79 Å². The first-order valence-corrected chi connectivity index (χ1v) is 8.27. The highest BCUT2D eigenvalue weighted by molar-refractivity contribution is 5.82. The lowest BCUT2D eigenvalue weighted by atomic mass is 10.0. The number of carbonyl (C=O) groups excluding carboxylic acids is 2. The smallest absolute Gasteiger partial charge is 0.422 e. The van der Waals surface area contributed by atoms with Crippen LogP contribution in [0.1, 0.15) is 40.2 Å². The predicted octanol–water partition coefficient (Wildman–Crippen LogP) is 2.37. The van der Waals surface area contributed by atoms with Crippen molar-refractivity contribution < 1.29 is 19.1 Å². The van der Waals surface area contributed by atoms with Gasteiger partial charge in [0, 0.05) is 6.54 Å². The second-order valence-electron chi connectivity index (χ2n) is 7.06. The number of amides is 2. The summed E-state index contributed by atoms with van der Waals surface area (Å²) in [6.07, 6.45) is -0.624. The van der Waals surface area contributed by atoms with Gasteiger partial charge >= 0.3 is 6.09 Å². The molecule has 25 heavy (non-hydrogen) atoms. The average molecular weight is 351 g/mol. The maximum Gasteiger partial charge on any atom is 0.422 e. The molecular weight excluding hydrogens is 322 g/mol. The largest absolute Gasteiger partial charge is 0.497 e. The fraction of sp³-hybridized carbons (Fsp3) is 0.556. The topological polar surface area (TPSA) is 88.7 Å². The second kappa shape index (κ2) is 9.27. The van der Waals surface area contributed by atoms with Gasteiger partial charge in [-0.2, -0.15) is 0 Å². The molecule has 7 heteroatoms. The van der Waals surface area contributed by atoms with Gasteiger partial charge in [0.15, 0.2) is 0 Å². The van der Waals surface area contributed by atoms with Crippen LogP contribution in [0.5, 0.6) is 5.75 Å².